The number of sulfonamides is 1. The normalized spacial score (nSPS) is 18.0. The Morgan fingerprint density at radius 3 is 2.21 bits per heavy atom. The summed E-state index contributed by atoms with van der Waals surface area (Å²) in [7, 11) is -3.15. The van der Waals surface area contributed by atoms with E-state index in [4.69, 9.17) is 4.74 Å². The van der Waals surface area contributed by atoms with Crippen LogP contribution in [0.1, 0.15) is 26.3 Å². The molecule has 2 heterocycles. The third-order valence-electron chi connectivity index (χ3n) is 6.13. The lowest BCUT2D eigenvalue weighted by atomic mass is 10.1. The van der Waals surface area contributed by atoms with Gasteiger partial charge in [0.2, 0.25) is 10.0 Å². The van der Waals surface area contributed by atoms with Crippen molar-refractivity contribution in [1.29, 1.82) is 0 Å². The summed E-state index contributed by atoms with van der Waals surface area (Å²) in [4.78, 5) is 29.7. The van der Waals surface area contributed by atoms with Gasteiger partial charge < -0.3 is 15.0 Å². The van der Waals surface area contributed by atoms with Gasteiger partial charge in [-0.3, -0.25) is 14.5 Å². The lowest BCUT2D eigenvalue weighted by Gasteiger charge is -2.33. The van der Waals surface area contributed by atoms with Gasteiger partial charge in [0.25, 0.3) is 11.8 Å². The van der Waals surface area contributed by atoms with Gasteiger partial charge in [-0.05, 0) is 29.8 Å². The lowest BCUT2D eigenvalue weighted by Crippen LogP contribution is -2.47. The monoisotopic (exact) mass is 486 g/mol. The molecular weight excluding hydrogens is 456 g/mol. The molecule has 0 unspecified atom stereocenters. The van der Waals surface area contributed by atoms with Gasteiger partial charge in [0.05, 0.1) is 30.7 Å². The first-order chi connectivity index (χ1) is 16.3. The lowest BCUT2D eigenvalue weighted by molar-refractivity contribution is 0.0303. The zero-order chi connectivity index (χ0) is 24.1. The molecule has 0 aromatic heterocycles. The Kier molecular flexibility index (Phi) is 7.62. The number of amides is 2. The van der Waals surface area contributed by atoms with Crippen molar-refractivity contribution in [3.05, 3.63) is 65.2 Å². The minimum atomic E-state index is -3.15. The summed E-state index contributed by atoms with van der Waals surface area (Å²) < 4.78 is 30.2. The molecule has 10 heteroatoms. The Hall–Kier alpha value is -2.79. The summed E-state index contributed by atoms with van der Waals surface area (Å²) >= 11 is 0. The average Bonchev–Trinajstić information content (AvgIpc) is 2.85. The first kappa shape index (κ1) is 24.3. The Morgan fingerprint density at radius 2 is 1.56 bits per heavy atom. The van der Waals surface area contributed by atoms with E-state index in [1.54, 1.807) is 41.3 Å². The molecule has 2 amide bonds. The molecule has 9 nitrogen and oxygen atoms in total. The molecule has 0 aliphatic carbocycles. The minimum absolute atomic E-state index is 0.120. The fourth-order valence-electron chi connectivity index (χ4n) is 4.15. The molecule has 2 aromatic carbocycles. The minimum Gasteiger partial charge on any atom is -0.378 e. The van der Waals surface area contributed by atoms with E-state index in [1.165, 1.54) is 10.6 Å². The second-order valence-corrected chi connectivity index (χ2v) is 10.5. The number of hydrogen-bond acceptors (Lipinski definition) is 6. The first-order valence-corrected chi connectivity index (χ1v) is 13.2. The highest BCUT2D eigenvalue weighted by molar-refractivity contribution is 7.88. The van der Waals surface area contributed by atoms with E-state index in [-0.39, 0.29) is 11.8 Å². The number of morpholine rings is 1. The standard InChI is InChI=1S/C24H30N4O5S/c1-34(31,32)28-12-10-26(11-13-28)18-19-6-8-20(9-7-19)23(29)25-22-5-3-2-4-21(22)24(30)27-14-16-33-17-15-27/h2-9H,10-18H2,1H3,(H,25,29). The Balaban J connectivity index is 1.36. The van der Waals surface area contributed by atoms with E-state index >= 15 is 0 Å². The zero-order valence-electron chi connectivity index (χ0n) is 19.3. The van der Waals surface area contributed by atoms with Crippen LogP contribution < -0.4 is 5.32 Å². The number of nitrogens with one attached hydrogen (secondary N) is 1. The van der Waals surface area contributed by atoms with Gasteiger partial charge in [0.15, 0.2) is 0 Å². The number of piperazine rings is 1. The molecule has 4 rings (SSSR count). The van der Waals surface area contributed by atoms with Gasteiger partial charge in [0, 0.05) is 51.4 Å². The molecule has 34 heavy (non-hydrogen) atoms. The maximum absolute atomic E-state index is 12.9. The van der Waals surface area contributed by atoms with Crippen molar-refractivity contribution < 1.29 is 22.7 Å². The largest absolute Gasteiger partial charge is 0.378 e. The highest BCUT2D eigenvalue weighted by Crippen LogP contribution is 2.20. The number of carbonyl (C=O) groups excluding carboxylic acids is 2. The number of nitrogens with zero attached hydrogens (tertiary/aromatic N) is 3. The molecule has 2 saturated heterocycles. The summed E-state index contributed by atoms with van der Waals surface area (Å²) in [5.41, 5.74) is 2.49. The smallest absolute Gasteiger partial charge is 0.256 e. The van der Waals surface area contributed by atoms with Gasteiger partial charge in [-0.1, -0.05) is 24.3 Å². The quantitative estimate of drug-likeness (QED) is 0.664. The molecule has 0 atom stereocenters. The number of para-hydroxylation sites is 1. The fourth-order valence-corrected chi connectivity index (χ4v) is 4.98. The molecular formula is C24H30N4O5S. The molecule has 0 saturated carbocycles. The maximum Gasteiger partial charge on any atom is 0.256 e. The van der Waals surface area contributed by atoms with Crippen LogP contribution in [0.2, 0.25) is 0 Å². The van der Waals surface area contributed by atoms with Gasteiger partial charge in [-0.2, -0.15) is 4.31 Å². The molecule has 0 spiro atoms. The van der Waals surface area contributed by atoms with E-state index in [1.807, 2.05) is 12.1 Å². The van der Waals surface area contributed by atoms with Crippen LogP contribution >= 0.6 is 0 Å². The zero-order valence-corrected chi connectivity index (χ0v) is 20.1. The van der Waals surface area contributed by atoms with Crippen molar-refractivity contribution in [1.82, 2.24) is 14.1 Å². The van der Waals surface area contributed by atoms with E-state index in [0.717, 1.165) is 5.56 Å². The highest BCUT2D eigenvalue weighted by atomic mass is 32.2. The molecule has 0 bridgehead atoms. The summed E-state index contributed by atoms with van der Waals surface area (Å²) in [6.07, 6.45) is 1.24. The molecule has 182 valence electrons. The molecule has 1 N–H and O–H groups in total. The predicted octanol–water partition coefficient (Wildman–Crippen LogP) is 1.49. The van der Waals surface area contributed by atoms with Crippen molar-refractivity contribution in [3.63, 3.8) is 0 Å². The summed E-state index contributed by atoms with van der Waals surface area (Å²) in [6, 6.07) is 14.4. The topological polar surface area (TPSA) is 99.3 Å². The Bertz CT molecular complexity index is 1120. The summed E-state index contributed by atoms with van der Waals surface area (Å²) in [6.45, 7) is 5.10. The predicted molar refractivity (Wildman–Crippen MR) is 129 cm³/mol. The van der Waals surface area contributed by atoms with Crippen LogP contribution in [-0.4, -0.2) is 93.1 Å². The number of anilines is 1. The van der Waals surface area contributed by atoms with Crippen LogP contribution in [0.3, 0.4) is 0 Å². The number of carbonyl (C=O) groups is 2. The third kappa shape index (κ3) is 6.01. The molecule has 2 aromatic rings. The summed E-state index contributed by atoms with van der Waals surface area (Å²) in [5, 5.41) is 2.88. The van der Waals surface area contributed by atoms with Gasteiger partial charge >= 0.3 is 0 Å². The number of hydrogen-bond donors (Lipinski definition) is 1. The second kappa shape index (κ2) is 10.6. The highest BCUT2D eigenvalue weighted by Gasteiger charge is 2.24. The van der Waals surface area contributed by atoms with E-state index in [0.29, 0.717) is 75.8 Å². The van der Waals surface area contributed by atoms with Gasteiger partial charge in [-0.15, -0.1) is 0 Å². The van der Waals surface area contributed by atoms with Crippen LogP contribution in [0.4, 0.5) is 5.69 Å². The summed E-state index contributed by atoms with van der Waals surface area (Å²) in [5.74, 6) is -0.402. The SMILES string of the molecule is CS(=O)(=O)N1CCN(Cc2ccc(C(=O)Nc3ccccc3C(=O)N3CCOCC3)cc2)CC1. The van der Waals surface area contributed by atoms with E-state index in [2.05, 4.69) is 10.2 Å². The van der Waals surface area contributed by atoms with Crippen LogP contribution in [0.25, 0.3) is 0 Å². The number of ether oxygens (including phenoxy) is 1. The van der Waals surface area contributed by atoms with Crippen molar-refractivity contribution in [2.24, 2.45) is 0 Å². The molecule has 0 radical (unpaired) electrons. The average molecular weight is 487 g/mol. The van der Waals surface area contributed by atoms with E-state index < -0.39 is 10.0 Å². The third-order valence-corrected chi connectivity index (χ3v) is 7.43. The number of benzene rings is 2. The van der Waals surface area contributed by atoms with Crippen molar-refractivity contribution in [3.8, 4) is 0 Å². The molecule has 2 aliphatic heterocycles. The van der Waals surface area contributed by atoms with Crippen molar-refractivity contribution >= 4 is 27.5 Å². The van der Waals surface area contributed by atoms with E-state index in [9.17, 15) is 18.0 Å². The van der Waals surface area contributed by atoms with Crippen LogP contribution in [0, 0.1) is 0 Å². The van der Waals surface area contributed by atoms with Crippen LogP contribution in [-0.2, 0) is 21.3 Å². The first-order valence-electron chi connectivity index (χ1n) is 11.3. The van der Waals surface area contributed by atoms with Gasteiger partial charge in [-0.25, -0.2) is 8.42 Å². The second-order valence-electron chi connectivity index (χ2n) is 8.54. The van der Waals surface area contributed by atoms with Crippen LogP contribution in [0.5, 0.6) is 0 Å². The Morgan fingerprint density at radius 1 is 0.912 bits per heavy atom. The molecule has 2 fully saturated rings. The molecule has 2 aliphatic rings. The number of rotatable bonds is 6. The van der Waals surface area contributed by atoms with Crippen LogP contribution in [0.15, 0.2) is 48.5 Å². The van der Waals surface area contributed by atoms with Crippen molar-refractivity contribution in [2.75, 3.05) is 64.1 Å². The Labute approximate surface area is 200 Å². The van der Waals surface area contributed by atoms with Gasteiger partial charge in [0.1, 0.15) is 0 Å². The maximum atomic E-state index is 12.9. The van der Waals surface area contributed by atoms with Crippen molar-refractivity contribution in [2.45, 2.75) is 6.54 Å². The fraction of sp³-hybridized carbons (Fsp3) is 0.417.